The molecule has 0 radical (unpaired) electrons. The van der Waals surface area contributed by atoms with Gasteiger partial charge in [0.1, 0.15) is 11.7 Å². The Balaban J connectivity index is 1.76. The Kier molecular flexibility index (Phi) is 6.55. The molecule has 0 aliphatic heterocycles. The van der Waals surface area contributed by atoms with Crippen LogP contribution in [0.25, 0.3) is 0 Å². The van der Waals surface area contributed by atoms with Crippen LogP contribution in [0.1, 0.15) is 60.3 Å². The maximum Gasteiger partial charge on any atom is 0.309 e. The molecule has 0 spiro atoms. The Morgan fingerprint density at radius 1 is 1.24 bits per heavy atom. The van der Waals surface area contributed by atoms with Crippen LogP contribution in [0.2, 0.25) is 0 Å². The molecule has 0 aromatic rings. The normalized spacial score (nSPS) is 43.6. The maximum atomic E-state index is 15.6. The van der Waals surface area contributed by atoms with Crippen LogP contribution in [-0.4, -0.2) is 61.7 Å². The van der Waals surface area contributed by atoms with Gasteiger partial charge in [-0.25, -0.2) is 8.78 Å². The largest absolute Gasteiger partial charge is 0.481 e. The number of carboxylic acid groups (broad SMARTS) is 1. The number of carbonyl (C=O) groups is 3. The number of Topliss-reactive ketones (excluding diaryl/α,β-unsaturated/α-hetero) is 1. The van der Waals surface area contributed by atoms with Gasteiger partial charge in [0, 0.05) is 28.7 Å². The first-order valence-electron chi connectivity index (χ1n) is 12.6. The number of ketones is 2. The number of carbonyl (C=O) groups excluding carboxylic acids is 2. The van der Waals surface area contributed by atoms with Gasteiger partial charge in [0.25, 0.3) is 5.92 Å². The average molecular weight is 589 g/mol. The van der Waals surface area contributed by atoms with Crippen LogP contribution in [0.15, 0.2) is 22.2 Å². The van der Waals surface area contributed by atoms with Crippen molar-refractivity contribution in [1.29, 1.82) is 0 Å². The number of alkyl halides is 2. The third kappa shape index (κ3) is 3.84. The van der Waals surface area contributed by atoms with Crippen molar-refractivity contribution in [3.8, 4) is 0 Å². The Bertz CT molecular complexity index is 1120. The van der Waals surface area contributed by atoms with Crippen LogP contribution in [0.5, 0.6) is 0 Å². The zero-order chi connectivity index (χ0) is 28.1. The zero-order valence-electron chi connectivity index (χ0n) is 21.6. The summed E-state index contributed by atoms with van der Waals surface area (Å²) in [6.45, 7) is 7.56. The van der Waals surface area contributed by atoms with Crippen molar-refractivity contribution in [2.75, 3.05) is 0 Å². The fourth-order valence-electron chi connectivity index (χ4n) is 8.21. The monoisotopic (exact) mass is 588 g/mol. The maximum absolute atomic E-state index is 15.6. The number of aliphatic hydroxyl groups is 3. The third-order valence-corrected chi connectivity index (χ3v) is 10.7. The van der Waals surface area contributed by atoms with Crippen molar-refractivity contribution in [3.05, 3.63) is 22.2 Å². The molecule has 4 aliphatic rings. The van der Waals surface area contributed by atoms with Gasteiger partial charge < -0.3 is 20.4 Å². The molecular weight excluding hydrogens is 554 g/mol. The van der Waals surface area contributed by atoms with Gasteiger partial charge in [0.15, 0.2) is 11.6 Å². The number of hydrogen-bond donors (Lipinski definition) is 4. The number of allylic oxidation sites excluding steroid dienone is 4. The van der Waals surface area contributed by atoms with E-state index in [4.69, 9.17) is 0 Å². The molecule has 206 valence electrons. The van der Waals surface area contributed by atoms with Gasteiger partial charge in [-0.05, 0) is 72.9 Å². The molecule has 0 amide bonds. The lowest BCUT2D eigenvalue weighted by Gasteiger charge is -2.61. The molecule has 3 fully saturated rings. The highest BCUT2D eigenvalue weighted by molar-refractivity contribution is 9.12. The number of aliphatic hydroxyl groups excluding tert-OH is 2. The second-order valence-electron chi connectivity index (χ2n) is 12.8. The Labute approximate surface area is 223 Å². The highest BCUT2D eigenvalue weighted by Gasteiger charge is 2.73. The van der Waals surface area contributed by atoms with Gasteiger partial charge in [-0.2, -0.15) is 0 Å². The molecule has 3 saturated carbocycles. The van der Waals surface area contributed by atoms with Gasteiger partial charge in [0.2, 0.25) is 0 Å². The van der Waals surface area contributed by atoms with E-state index in [0.717, 1.165) is 6.08 Å². The SMILES string of the molecule is C[C@H]1C[C@H]2[C@@H]3CC(F)(F)C4=CC(=O)C(Br)=C[C@]4(C)[C@H]3[C@@H](O)C[C@]2(C)[C@@]1(O)C(=O)C(O)CC(C)(C)C(=O)O. The molecule has 10 heteroatoms. The number of carboxylic acids is 1. The summed E-state index contributed by atoms with van der Waals surface area (Å²) in [5, 5.41) is 43.7. The summed E-state index contributed by atoms with van der Waals surface area (Å²) in [5.41, 5.74) is -6.58. The van der Waals surface area contributed by atoms with E-state index < -0.39 is 94.0 Å². The molecule has 4 N–H and O–H groups in total. The fourth-order valence-corrected chi connectivity index (χ4v) is 8.80. The van der Waals surface area contributed by atoms with Crippen LogP contribution in [-0.2, 0) is 14.4 Å². The summed E-state index contributed by atoms with van der Waals surface area (Å²) >= 11 is 3.17. The summed E-state index contributed by atoms with van der Waals surface area (Å²) in [6, 6.07) is 0. The topological polar surface area (TPSA) is 132 Å². The lowest BCUT2D eigenvalue weighted by Crippen LogP contribution is -2.65. The molecule has 37 heavy (non-hydrogen) atoms. The molecule has 0 saturated heterocycles. The van der Waals surface area contributed by atoms with Crippen LogP contribution in [0, 0.1) is 39.9 Å². The van der Waals surface area contributed by atoms with Crippen LogP contribution < -0.4 is 0 Å². The molecule has 1 unspecified atom stereocenters. The summed E-state index contributed by atoms with van der Waals surface area (Å²) in [5.74, 6) is -8.83. The first kappa shape index (κ1) is 28.5. The Morgan fingerprint density at radius 3 is 2.41 bits per heavy atom. The molecule has 4 aliphatic carbocycles. The van der Waals surface area contributed by atoms with Crippen molar-refractivity contribution < 1.29 is 43.6 Å². The van der Waals surface area contributed by atoms with Crippen LogP contribution >= 0.6 is 15.9 Å². The number of aliphatic carboxylic acids is 1. The summed E-state index contributed by atoms with van der Waals surface area (Å²) < 4.78 is 31.4. The smallest absolute Gasteiger partial charge is 0.309 e. The Morgan fingerprint density at radius 2 is 1.84 bits per heavy atom. The molecule has 9 atom stereocenters. The van der Waals surface area contributed by atoms with E-state index in [1.54, 1.807) is 20.8 Å². The lowest BCUT2D eigenvalue weighted by atomic mass is 9.45. The standard InChI is InChI=1S/C27H35BrF2O7/c1-12-6-14-13-8-26(29,30)19-7-16(31)15(28)9-24(19,4)20(13)17(32)11-25(14,5)27(12,37)21(34)18(33)10-23(2,3)22(35)36/h7,9,12-14,17-18,20,32-33,37H,6,8,10-11H2,1-5H3,(H,35,36)/t12-,13-,14-,17-,18?,20+,24-,25-,27-/m0/s1. The van der Waals surface area contributed by atoms with Crippen molar-refractivity contribution in [3.63, 3.8) is 0 Å². The highest BCUT2D eigenvalue weighted by Crippen LogP contribution is 2.70. The quantitative estimate of drug-likeness (QED) is 0.385. The number of hydrogen-bond acceptors (Lipinski definition) is 6. The molecule has 4 rings (SSSR count). The fraction of sp³-hybridized carbons (Fsp3) is 0.741. The Hall–Kier alpha value is -1.49. The van der Waals surface area contributed by atoms with Crippen molar-refractivity contribution in [2.24, 2.45) is 39.9 Å². The van der Waals surface area contributed by atoms with E-state index in [1.165, 1.54) is 19.9 Å². The van der Waals surface area contributed by atoms with Gasteiger partial charge >= 0.3 is 5.97 Å². The molecule has 0 aromatic heterocycles. The van der Waals surface area contributed by atoms with E-state index in [1.807, 2.05) is 0 Å². The van der Waals surface area contributed by atoms with E-state index in [2.05, 4.69) is 15.9 Å². The van der Waals surface area contributed by atoms with Crippen LogP contribution in [0.3, 0.4) is 0 Å². The average Bonchev–Trinajstić information content (AvgIpc) is 2.95. The molecule has 0 bridgehead atoms. The van der Waals surface area contributed by atoms with Gasteiger partial charge in [-0.15, -0.1) is 0 Å². The minimum absolute atomic E-state index is 0.0751. The zero-order valence-corrected chi connectivity index (χ0v) is 23.2. The number of rotatable bonds is 5. The lowest BCUT2D eigenvalue weighted by molar-refractivity contribution is -0.200. The molecule has 7 nitrogen and oxygen atoms in total. The van der Waals surface area contributed by atoms with E-state index in [9.17, 15) is 34.8 Å². The minimum atomic E-state index is -3.34. The summed E-state index contributed by atoms with van der Waals surface area (Å²) in [6.07, 6.45) is -1.48. The number of halogens is 3. The highest BCUT2D eigenvalue weighted by atomic mass is 79.9. The van der Waals surface area contributed by atoms with Crippen LogP contribution in [0.4, 0.5) is 8.78 Å². The molecule has 0 aromatic carbocycles. The predicted molar refractivity (Wildman–Crippen MR) is 133 cm³/mol. The third-order valence-electron chi connectivity index (χ3n) is 10.1. The van der Waals surface area contributed by atoms with Gasteiger partial charge in [0.05, 0.1) is 16.0 Å². The molecule has 0 heterocycles. The summed E-state index contributed by atoms with van der Waals surface area (Å²) in [7, 11) is 0. The predicted octanol–water partition coefficient (Wildman–Crippen LogP) is 3.64. The number of fused-ring (bicyclic) bond motifs is 5. The second kappa shape index (κ2) is 8.50. The molecular formula is C27H35BrF2O7. The van der Waals surface area contributed by atoms with Gasteiger partial charge in [-0.1, -0.05) is 26.8 Å². The van der Waals surface area contributed by atoms with E-state index in [-0.39, 0.29) is 22.9 Å². The van der Waals surface area contributed by atoms with E-state index in [0.29, 0.717) is 0 Å². The van der Waals surface area contributed by atoms with Crippen molar-refractivity contribution in [2.45, 2.75) is 84.0 Å². The van der Waals surface area contributed by atoms with Crippen molar-refractivity contribution >= 4 is 33.5 Å². The summed E-state index contributed by atoms with van der Waals surface area (Å²) in [4.78, 5) is 37.4. The first-order chi connectivity index (χ1) is 16.7. The van der Waals surface area contributed by atoms with Gasteiger partial charge in [-0.3, -0.25) is 14.4 Å². The second-order valence-corrected chi connectivity index (χ2v) is 13.6. The van der Waals surface area contributed by atoms with E-state index >= 15 is 8.78 Å². The first-order valence-corrected chi connectivity index (χ1v) is 13.4. The van der Waals surface area contributed by atoms with Crippen molar-refractivity contribution in [1.82, 2.24) is 0 Å². The minimum Gasteiger partial charge on any atom is -0.481 e.